The van der Waals surface area contributed by atoms with E-state index in [1.807, 2.05) is 36.4 Å². The number of hydrogen-bond acceptors (Lipinski definition) is 4. The number of ether oxygens (including phenoxy) is 1. The number of rotatable bonds is 4. The molecule has 0 aromatic heterocycles. The van der Waals surface area contributed by atoms with Crippen molar-refractivity contribution in [3.63, 3.8) is 0 Å². The van der Waals surface area contributed by atoms with E-state index < -0.39 is 4.92 Å². The zero-order valence-corrected chi connectivity index (χ0v) is 12.5. The summed E-state index contributed by atoms with van der Waals surface area (Å²) in [5, 5.41) is 12.9. The van der Waals surface area contributed by atoms with Crippen LogP contribution in [0.1, 0.15) is 5.56 Å². The Bertz CT molecular complexity index is 904. The van der Waals surface area contributed by atoms with Gasteiger partial charge in [0.15, 0.2) is 0 Å². The van der Waals surface area contributed by atoms with E-state index >= 15 is 0 Å². The molecule has 3 aromatic carbocycles. The third-order valence-electron chi connectivity index (χ3n) is 3.53. The maximum absolute atomic E-state index is 10.8. The van der Waals surface area contributed by atoms with Crippen molar-refractivity contribution in [1.82, 2.24) is 0 Å². The van der Waals surface area contributed by atoms with Gasteiger partial charge in [-0.25, -0.2) is 0 Å². The molecule has 0 fully saturated rings. The SMILES string of the molecule is COc1ccc2ccccc2c1C=Nc1cccc([N+](=O)[O-])c1. The van der Waals surface area contributed by atoms with Gasteiger partial charge >= 0.3 is 0 Å². The van der Waals surface area contributed by atoms with E-state index in [0.717, 1.165) is 16.3 Å². The number of aliphatic imine (C=N–C) groups is 1. The van der Waals surface area contributed by atoms with Gasteiger partial charge in [0.1, 0.15) is 5.75 Å². The lowest BCUT2D eigenvalue weighted by atomic mass is 10.0. The first-order valence-corrected chi connectivity index (χ1v) is 7.03. The minimum absolute atomic E-state index is 0.0181. The Hall–Kier alpha value is -3.21. The van der Waals surface area contributed by atoms with Gasteiger partial charge in [-0.3, -0.25) is 15.1 Å². The predicted molar refractivity (Wildman–Crippen MR) is 90.9 cm³/mol. The van der Waals surface area contributed by atoms with Crippen LogP contribution in [0.5, 0.6) is 5.75 Å². The van der Waals surface area contributed by atoms with E-state index in [0.29, 0.717) is 11.4 Å². The molecule has 5 nitrogen and oxygen atoms in total. The van der Waals surface area contributed by atoms with Crippen LogP contribution in [0, 0.1) is 10.1 Å². The van der Waals surface area contributed by atoms with Gasteiger partial charge in [0.2, 0.25) is 0 Å². The van der Waals surface area contributed by atoms with Crippen molar-refractivity contribution in [2.24, 2.45) is 4.99 Å². The molecule has 0 bridgehead atoms. The molecule has 0 atom stereocenters. The van der Waals surface area contributed by atoms with Gasteiger partial charge in [-0.1, -0.05) is 36.4 Å². The number of nitrogens with zero attached hydrogens (tertiary/aromatic N) is 2. The molecule has 23 heavy (non-hydrogen) atoms. The number of hydrogen-bond donors (Lipinski definition) is 0. The van der Waals surface area contributed by atoms with Gasteiger partial charge in [-0.15, -0.1) is 0 Å². The van der Waals surface area contributed by atoms with E-state index in [2.05, 4.69) is 4.99 Å². The topological polar surface area (TPSA) is 64.7 Å². The van der Waals surface area contributed by atoms with Gasteiger partial charge in [-0.2, -0.15) is 0 Å². The first-order chi connectivity index (χ1) is 11.2. The molecule has 0 aliphatic rings. The molecule has 0 aliphatic heterocycles. The minimum atomic E-state index is -0.433. The Balaban J connectivity index is 2.07. The van der Waals surface area contributed by atoms with Crippen molar-refractivity contribution in [1.29, 1.82) is 0 Å². The number of methoxy groups -OCH3 is 1. The van der Waals surface area contributed by atoms with Gasteiger partial charge in [0.25, 0.3) is 5.69 Å². The van der Waals surface area contributed by atoms with Crippen LogP contribution in [0.3, 0.4) is 0 Å². The zero-order valence-electron chi connectivity index (χ0n) is 12.5. The molecular weight excluding hydrogens is 292 g/mol. The molecule has 0 aliphatic carbocycles. The third-order valence-corrected chi connectivity index (χ3v) is 3.53. The summed E-state index contributed by atoms with van der Waals surface area (Å²) in [6, 6.07) is 18.0. The minimum Gasteiger partial charge on any atom is -0.496 e. The second kappa shape index (κ2) is 6.27. The van der Waals surface area contributed by atoms with Crippen LogP contribution in [-0.2, 0) is 0 Å². The van der Waals surface area contributed by atoms with E-state index in [4.69, 9.17) is 4.74 Å². The Morgan fingerprint density at radius 1 is 1.09 bits per heavy atom. The molecule has 0 unspecified atom stereocenters. The van der Waals surface area contributed by atoms with Crippen LogP contribution < -0.4 is 4.74 Å². The Morgan fingerprint density at radius 3 is 2.70 bits per heavy atom. The highest BCUT2D eigenvalue weighted by molar-refractivity contribution is 6.03. The first-order valence-electron chi connectivity index (χ1n) is 7.03. The highest BCUT2D eigenvalue weighted by Crippen LogP contribution is 2.27. The molecule has 114 valence electrons. The molecule has 3 rings (SSSR count). The average Bonchev–Trinajstić information content (AvgIpc) is 2.59. The van der Waals surface area contributed by atoms with E-state index in [-0.39, 0.29) is 5.69 Å². The van der Waals surface area contributed by atoms with Crippen molar-refractivity contribution in [2.45, 2.75) is 0 Å². The molecular formula is C18H14N2O3. The van der Waals surface area contributed by atoms with E-state index in [1.54, 1.807) is 25.5 Å². The average molecular weight is 306 g/mol. The molecule has 0 N–H and O–H groups in total. The maximum Gasteiger partial charge on any atom is 0.271 e. The molecule has 0 saturated carbocycles. The van der Waals surface area contributed by atoms with E-state index in [1.165, 1.54) is 12.1 Å². The standard InChI is InChI=1S/C18H14N2O3/c1-23-18-10-9-13-5-2-3-8-16(13)17(18)12-19-14-6-4-7-15(11-14)20(21)22/h2-12H,1H3. The van der Waals surface area contributed by atoms with Gasteiger partial charge in [-0.05, 0) is 22.9 Å². The molecule has 0 amide bonds. The second-order valence-electron chi connectivity index (χ2n) is 4.94. The van der Waals surface area contributed by atoms with Crippen molar-refractivity contribution >= 4 is 28.4 Å². The lowest BCUT2D eigenvalue weighted by Crippen LogP contribution is -1.92. The largest absolute Gasteiger partial charge is 0.496 e. The van der Waals surface area contributed by atoms with Crippen LogP contribution in [0.4, 0.5) is 11.4 Å². The third kappa shape index (κ3) is 3.03. The smallest absolute Gasteiger partial charge is 0.271 e. The van der Waals surface area contributed by atoms with Crippen LogP contribution in [0.15, 0.2) is 65.7 Å². The molecule has 0 radical (unpaired) electrons. The summed E-state index contributed by atoms with van der Waals surface area (Å²) in [6.45, 7) is 0. The summed E-state index contributed by atoms with van der Waals surface area (Å²) in [4.78, 5) is 14.8. The van der Waals surface area contributed by atoms with Gasteiger partial charge < -0.3 is 4.74 Å². The molecule has 3 aromatic rings. The maximum atomic E-state index is 10.8. The number of fused-ring (bicyclic) bond motifs is 1. The Kier molecular flexibility index (Phi) is 4.01. The molecule has 0 heterocycles. The van der Waals surface area contributed by atoms with Crippen LogP contribution >= 0.6 is 0 Å². The van der Waals surface area contributed by atoms with Crippen molar-refractivity contribution < 1.29 is 9.66 Å². The first kappa shape index (κ1) is 14.7. The summed E-state index contributed by atoms with van der Waals surface area (Å²) >= 11 is 0. The number of nitro groups is 1. The monoisotopic (exact) mass is 306 g/mol. The van der Waals surface area contributed by atoms with E-state index in [9.17, 15) is 10.1 Å². The second-order valence-corrected chi connectivity index (χ2v) is 4.94. The lowest BCUT2D eigenvalue weighted by Gasteiger charge is -2.08. The fourth-order valence-electron chi connectivity index (χ4n) is 2.41. The highest BCUT2D eigenvalue weighted by Gasteiger charge is 2.07. The fraction of sp³-hybridized carbons (Fsp3) is 0.0556. The van der Waals surface area contributed by atoms with Gasteiger partial charge in [0.05, 0.1) is 17.7 Å². The quantitative estimate of drug-likeness (QED) is 0.405. The summed E-state index contributed by atoms with van der Waals surface area (Å²) in [5.41, 5.74) is 1.39. The van der Waals surface area contributed by atoms with Crippen LogP contribution in [-0.4, -0.2) is 18.2 Å². The van der Waals surface area contributed by atoms with Crippen molar-refractivity contribution in [2.75, 3.05) is 7.11 Å². The van der Waals surface area contributed by atoms with Crippen LogP contribution in [0.25, 0.3) is 10.8 Å². The summed E-state index contributed by atoms with van der Waals surface area (Å²) in [5.74, 6) is 0.706. The Labute approximate surface area is 133 Å². The summed E-state index contributed by atoms with van der Waals surface area (Å²) < 4.78 is 5.40. The van der Waals surface area contributed by atoms with Crippen molar-refractivity contribution in [3.8, 4) is 5.75 Å². The predicted octanol–water partition coefficient (Wildman–Crippen LogP) is 4.51. The molecule has 5 heteroatoms. The van der Waals surface area contributed by atoms with Crippen molar-refractivity contribution in [3.05, 3.63) is 76.3 Å². The lowest BCUT2D eigenvalue weighted by molar-refractivity contribution is -0.384. The molecule has 0 spiro atoms. The zero-order chi connectivity index (χ0) is 16.2. The number of benzene rings is 3. The van der Waals surface area contributed by atoms with Crippen LogP contribution in [0.2, 0.25) is 0 Å². The highest BCUT2D eigenvalue weighted by atomic mass is 16.6. The summed E-state index contributed by atoms with van der Waals surface area (Å²) in [7, 11) is 1.61. The number of non-ortho nitro benzene ring substituents is 1. The number of nitro benzene ring substituents is 1. The Morgan fingerprint density at radius 2 is 1.91 bits per heavy atom. The fourth-order valence-corrected chi connectivity index (χ4v) is 2.41. The summed E-state index contributed by atoms with van der Waals surface area (Å²) in [6.07, 6.45) is 1.68. The van der Waals surface area contributed by atoms with Gasteiger partial charge in [0, 0.05) is 23.9 Å². The molecule has 0 saturated heterocycles. The normalized spacial score (nSPS) is 11.0.